The first-order valence-corrected chi connectivity index (χ1v) is 16.6. The molecule has 0 aliphatic heterocycles. The molecular weight excluding hydrogens is 587 g/mol. The van der Waals surface area contributed by atoms with Crippen molar-refractivity contribution in [2.45, 2.75) is 52.4 Å². The Hall–Kier alpha value is -5.48. The molecule has 0 aliphatic carbocycles. The summed E-state index contributed by atoms with van der Waals surface area (Å²) in [7, 11) is 0. The number of aromatic hydroxyl groups is 1. The molecule has 0 saturated heterocycles. The summed E-state index contributed by atoms with van der Waals surface area (Å²) < 4.78 is 2.23. The summed E-state index contributed by atoms with van der Waals surface area (Å²) in [6, 6.07) is 44.1. The zero-order valence-corrected chi connectivity index (χ0v) is 28.5. The number of fused-ring (bicyclic) bond motifs is 2. The summed E-state index contributed by atoms with van der Waals surface area (Å²) >= 11 is 0. The number of aromatic nitrogens is 2. The van der Waals surface area contributed by atoms with Gasteiger partial charge in [-0.3, -0.25) is 9.56 Å². The van der Waals surface area contributed by atoms with Crippen LogP contribution in [-0.2, 0) is 10.8 Å². The Kier molecular flexibility index (Phi) is 7.75. The SMILES string of the molecule is CC(C)(C)c1cc(C=Nc2ccccc2-c2nc3c(-c4cccc5ccccc45)cccc3n2-c2ccccc2)c(O)c(C(C)(C)C)c1. The Balaban J connectivity index is 1.44. The zero-order valence-electron chi connectivity index (χ0n) is 28.5. The highest BCUT2D eigenvalue weighted by molar-refractivity contribution is 6.05. The van der Waals surface area contributed by atoms with Gasteiger partial charge in [-0.1, -0.05) is 133 Å². The first-order chi connectivity index (χ1) is 23.0. The van der Waals surface area contributed by atoms with E-state index in [1.165, 1.54) is 10.8 Å². The van der Waals surface area contributed by atoms with Crippen LogP contribution >= 0.6 is 0 Å². The second-order valence-corrected chi connectivity index (χ2v) is 14.5. The lowest BCUT2D eigenvalue weighted by Crippen LogP contribution is -2.17. The van der Waals surface area contributed by atoms with Crippen LogP contribution in [0.15, 0.2) is 132 Å². The number of aliphatic imine (C=N–C) groups is 1. The fourth-order valence-electron chi connectivity index (χ4n) is 6.47. The Morgan fingerprint density at radius 3 is 2.06 bits per heavy atom. The summed E-state index contributed by atoms with van der Waals surface area (Å²) in [6.07, 6.45) is 1.80. The Labute approximate surface area is 283 Å². The van der Waals surface area contributed by atoms with Crippen LogP contribution < -0.4 is 0 Å². The molecule has 0 aliphatic rings. The molecular formula is C44H41N3O. The van der Waals surface area contributed by atoms with Gasteiger partial charge in [0.15, 0.2) is 0 Å². The number of nitrogens with zero attached hydrogens (tertiary/aromatic N) is 3. The molecule has 4 heteroatoms. The number of rotatable bonds is 5. The van der Waals surface area contributed by atoms with E-state index in [2.05, 4.69) is 149 Å². The molecule has 0 amide bonds. The van der Waals surface area contributed by atoms with Crippen LogP contribution in [0.5, 0.6) is 5.75 Å². The molecule has 0 saturated carbocycles. The standard InChI is InChI=1S/C44H41N3O/c1-43(2,3)31-26-30(41(48)37(27-31)44(4,5)6)28-45-38-24-13-12-21-36(38)42-46-40-35(34-22-14-17-29-16-10-11-20-33(29)34)23-15-25-39(40)47(42)32-18-8-7-9-19-32/h7-28,48H,1-6H3. The van der Waals surface area contributed by atoms with Crippen LogP contribution in [0.25, 0.3) is 50.0 Å². The van der Waals surface area contributed by atoms with Crippen LogP contribution in [-0.4, -0.2) is 20.9 Å². The lowest BCUT2D eigenvalue weighted by molar-refractivity contribution is 0.444. The summed E-state index contributed by atoms with van der Waals surface area (Å²) in [6.45, 7) is 13.0. The first kappa shape index (κ1) is 31.1. The van der Waals surface area contributed by atoms with Crippen LogP contribution in [0.3, 0.4) is 0 Å². The molecule has 0 spiro atoms. The highest BCUT2D eigenvalue weighted by Crippen LogP contribution is 2.40. The zero-order chi connectivity index (χ0) is 33.6. The summed E-state index contributed by atoms with van der Waals surface area (Å²) in [5, 5.41) is 13.9. The topological polar surface area (TPSA) is 50.4 Å². The van der Waals surface area contributed by atoms with Gasteiger partial charge < -0.3 is 5.11 Å². The lowest BCUT2D eigenvalue weighted by atomic mass is 9.79. The molecule has 6 aromatic carbocycles. The predicted molar refractivity (Wildman–Crippen MR) is 202 cm³/mol. The molecule has 1 N–H and O–H groups in total. The number of phenols is 1. The van der Waals surface area contributed by atoms with Crippen molar-refractivity contribution >= 4 is 33.7 Å². The molecule has 48 heavy (non-hydrogen) atoms. The minimum absolute atomic E-state index is 0.0868. The molecule has 0 atom stereocenters. The Morgan fingerprint density at radius 1 is 0.646 bits per heavy atom. The van der Waals surface area contributed by atoms with Gasteiger partial charge >= 0.3 is 0 Å². The van der Waals surface area contributed by atoms with Crippen LogP contribution in [0, 0.1) is 0 Å². The monoisotopic (exact) mass is 627 g/mol. The quantitative estimate of drug-likeness (QED) is 0.193. The van der Waals surface area contributed by atoms with Crippen molar-refractivity contribution in [1.29, 1.82) is 0 Å². The number of imidazole rings is 1. The minimum Gasteiger partial charge on any atom is -0.507 e. The van der Waals surface area contributed by atoms with E-state index < -0.39 is 0 Å². The third-order valence-corrected chi connectivity index (χ3v) is 9.08. The maximum Gasteiger partial charge on any atom is 0.147 e. The second-order valence-electron chi connectivity index (χ2n) is 14.5. The van der Waals surface area contributed by atoms with Crippen LogP contribution in [0.4, 0.5) is 5.69 Å². The van der Waals surface area contributed by atoms with Crippen molar-refractivity contribution in [3.63, 3.8) is 0 Å². The third-order valence-electron chi connectivity index (χ3n) is 9.08. The van der Waals surface area contributed by atoms with Crippen molar-refractivity contribution in [3.05, 3.63) is 144 Å². The average molecular weight is 628 g/mol. The van der Waals surface area contributed by atoms with Crippen LogP contribution in [0.2, 0.25) is 0 Å². The first-order valence-electron chi connectivity index (χ1n) is 16.6. The second kappa shape index (κ2) is 12.0. The van der Waals surface area contributed by atoms with E-state index in [-0.39, 0.29) is 16.6 Å². The Bertz CT molecular complexity index is 2310. The van der Waals surface area contributed by atoms with Gasteiger partial charge in [0.1, 0.15) is 11.6 Å². The number of benzene rings is 6. The van der Waals surface area contributed by atoms with Crippen molar-refractivity contribution in [2.24, 2.45) is 4.99 Å². The number of hydrogen-bond donors (Lipinski definition) is 1. The summed E-state index contributed by atoms with van der Waals surface area (Å²) in [4.78, 5) is 10.5. The van der Waals surface area contributed by atoms with Gasteiger partial charge in [-0.15, -0.1) is 0 Å². The fourth-order valence-corrected chi connectivity index (χ4v) is 6.47. The van der Waals surface area contributed by atoms with E-state index in [9.17, 15) is 5.11 Å². The lowest BCUT2D eigenvalue weighted by Gasteiger charge is -2.27. The van der Waals surface area contributed by atoms with Gasteiger partial charge in [0.2, 0.25) is 0 Å². The van der Waals surface area contributed by atoms with Gasteiger partial charge in [-0.25, -0.2) is 4.98 Å². The molecule has 0 bridgehead atoms. The van der Waals surface area contributed by atoms with E-state index in [1.807, 2.05) is 24.3 Å². The Morgan fingerprint density at radius 2 is 1.29 bits per heavy atom. The molecule has 0 unspecified atom stereocenters. The van der Waals surface area contributed by atoms with Crippen LogP contribution in [0.1, 0.15) is 58.2 Å². The van der Waals surface area contributed by atoms with Crippen molar-refractivity contribution < 1.29 is 5.11 Å². The minimum atomic E-state index is -0.228. The van der Waals surface area contributed by atoms with Crippen molar-refractivity contribution in [1.82, 2.24) is 9.55 Å². The molecule has 238 valence electrons. The normalized spacial score (nSPS) is 12.4. The number of phenolic OH excluding ortho intramolecular Hbond substituents is 1. The predicted octanol–water partition coefficient (Wildman–Crippen LogP) is 11.6. The van der Waals surface area contributed by atoms with E-state index >= 15 is 0 Å². The van der Waals surface area contributed by atoms with Gasteiger partial charge in [0.05, 0.1) is 16.7 Å². The molecule has 4 nitrogen and oxygen atoms in total. The molecule has 0 radical (unpaired) electrons. The summed E-state index contributed by atoms with van der Waals surface area (Å²) in [5.74, 6) is 1.08. The molecule has 0 fully saturated rings. The number of hydrogen-bond acceptors (Lipinski definition) is 3. The highest BCUT2D eigenvalue weighted by atomic mass is 16.3. The van der Waals surface area contributed by atoms with E-state index in [1.54, 1.807) is 6.21 Å². The molecule has 1 heterocycles. The van der Waals surface area contributed by atoms with E-state index in [0.29, 0.717) is 5.56 Å². The van der Waals surface area contributed by atoms with E-state index in [0.717, 1.165) is 56.0 Å². The van der Waals surface area contributed by atoms with E-state index in [4.69, 9.17) is 9.98 Å². The molecule has 1 aromatic heterocycles. The van der Waals surface area contributed by atoms with Gasteiger partial charge in [-0.2, -0.15) is 0 Å². The number of para-hydroxylation sites is 3. The maximum atomic E-state index is 11.5. The van der Waals surface area contributed by atoms with Gasteiger partial charge in [0.25, 0.3) is 0 Å². The van der Waals surface area contributed by atoms with Gasteiger partial charge in [-0.05, 0) is 69.1 Å². The van der Waals surface area contributed by atoms with Crippen molar-refractivity contribution in [2.75, 3.05) is 0 Å². The smallest absolute Gasteiger partial charge is 0.147 e. The third kappa shape index (κ3) is 5.68. The molecule has 7 rings (SSSR count). The highest BCUT2D eigenvalue weighted by Gasteiger charge is 2.25. The fraction of sp³-hybridized carbons (Fsp3) is 0.182. The average Bonchev–Trinajstić information content (AvgIpc) is 3.47. The van der Waals surface area contributed by atoms with Gasteiger partial charge in [0, 0.05) is 34.2 Å². The van der Waals surface area contributed by atoms with Crippen molar-refractivity contribution in [3.8, 4) is 34.0 Å². The molecule has 7 aromatic rings. The largest absolute Gasteiger partial charge is 0.507 e. The maximum absolute atomic E-state index is 11.5. The summed E-state index contributed by atoms with van der Waals surface area (Å²) in [5.41, 5.74) is 9.34.